The first-order chi connectivity index (χ1) is 11.0. The largest absolute Gasteiger partial charge is 0.390 e. The molecule has 8 heteroatoms. The van der Waals surface area contributed by atoms with Gasteiger partial charge >= 0.3 is 5.69 Å². The normalized spacial score (nSPS) is 11.1. The number of aliphatic hydroxyl groups is 1. The van der Waals surface area contributed by atoms with Gasteiger partial charge < -0.3 is 5.11 Å². The molecule has 2 aromatic rings. The molecular weight excluding hydrogens is 298 g/mol. The van der Waals surface area contributed by atoms with Gasteiger partial charge in [-0.1, -0.05) is 18.1 Å². The molecule has 126 valence electrons. The molecule has 8 nitrogen and oxygen atoms in total. The summed E-state index contributed by atoms with van der Waals surface area (Å²) in [4.78, 5) is 23.5. The molecule has 0 saturated carbocycles. The molecule has 0 radical (unpaired) electrons. The van der Waals surface area contributed by atoms with Crippen molar-refractivity contribution in [2.24, 2.45) is 7.05 Å². The number of hydrogen-bond donors (Lipinski definition) is 1. The lowest BCUT2D eigenvalue weighted by molar-refractivity contribution is 0.276. The number of aryl methyl sites for hydroxylation is 2. The zero-order valence-electron chi connectivity index (χ0n) is 13.6. The van der Waals surface area contributed by atoms with E-state index in [-0.39, 0.29) is 17.9 Å². The predicted molar refractivity (Wildman–Crippen MR) is 85.1 cm³/mol. The van der Waals surface area contributed by atoms with E-state index in [9.17, 15) is 9.59 Å². The summed E-state index contributed by atoms with van der Waals surface area (Å²) in [7, 11) is 1.50. The molecule has 0 aliphatic heterocycles. The maximum absolute atomic E-state index is 12.0. The van der Waals surface area contributed by atoms with Gasteiger partial charge in [0.1, 0.15) is 5.69 Å². The monoisotopic (exact) mass is 321 g/mol. The van der Waals surface area contributed by atoms with E-state index in [0.29, 0.717) is 17.9 Å². The second-order valence-electron chi connectivity index (χ2n) is 5.66. The Bertz CT molecular complexity index is 759. The summed E-state index contributed by atoms with van der Waals surface area (Å²) in [6.07, 6.45) is 5.62. The Labute approximate surface area is 134 Å². The van der Waals surface area contributed by atoms with Gasteiger partial charge in [-0.3, -0.25) is 18.6 Å². The van der Waals surface area contributed by atoms with Gasteiger partial charge in [0, 0.05) is 31.9 Å². The zero-order chi connectivity index (χ0) is 16.8. The fraction of sp³-hybridized carbons (Fsp3) is 0.600. The molecule has 1 N–H and O–H groups in total. The van der Waals surface area contributed by atoms with Gasteiger partial charge in [-0.25, -0.2) is 4.79 Å². The first kappa shape index (κ1) is 17.1. The SMILES string of the molecule is Cc1cc(=O)n(C)c(=O)n1CCCCCCn1cc(CO)nn1. The maximum Gasteiger partial charge on any atom is 0.330 e. The minimum absolute atomic E-state index is 0.0896. The van der Waals surface area contributed by atoms with Crippen molar-refractivity contribution >= 4 is 0 Å². The van der Waals surface area contributed by atoms with Crippen LogP contribution in [0.1, 0.15) is 37.1 Å². The van der Waals surface area contributed by atoms with Crippen molar-refractivity contribution < 1.29 is 5.11 Å². The van der Waals surface area contributed by atoms with Gasteiger partial charge in [-0.15, -0.1) is 5.10 Å². The highest BCUT2D eigenvalue weighted by molar-refractivity contribution is 4.99. The molecule has 2 rings (SSSR count). The molecule has 0 amide bonds. The molecular formula is C15H23N5O3. The number of aromatic nitrogens is 5. The molecule has 0 bridgehead atoms. The lowest BCUT2D eigenvalue weighted by Crippen LogP contribution is -2.38. The first-order valence-electron chi connectivity index (χ1n) is 7.80. The molecule has 2 heterocycles. The van der Waals surface area contributed by atoms with Gasteiger partial charge in [0.15, 0.2) is 0 Å². The average Bonchev–Trinajstić information content (AvgIpc) is 2.99. The number of rotatable bonds is 8. The van der Waals surface area contributed by atoms with Crippen LogP contribution in [0.2, 0.25) is 0 Å². The minimum Gasteiger partial charge on any atom is -0.390 e. The van der Waals surface area contributed by atoms with Gasteiger partial charge in [0.05, 0.1) is 12.8 Å². The fourth-order valence-corrected chi connectivity index (χ4v) is 2.47. The highest BCUT2D eigenvalue weighted by Gasteiger charge is 2.05. The topological polar surface area (TPSA) is 94.9 Å². The van der Waals surface area contributed by atoms with Crippen molar-refractivity contribution in [3.63, 3.8) is 0 Å². The van der Waals surface area contributed by atoms with Crippen LogP contribution in [0.3, 0.4) is 0 Å². The summed E-state index contributed by atoms with van der Waals surface area (Å²) in [5.41, 5.74) is 0.764. The molecule has 0 saturated heterocycles. The first-order valence-corrected chi connectivity index (χ1v) is 7.80. The molecule has 0 aliphatic rings. The van der Waals surface area contributed by atoms with E-state index < -0.39 is 0 Å². The van der Waals surface area contributed by atoms with E-state index in [0.717, 1.165) is 36.8 Å². The Kier molecular flexibility index (Phi) is 5.86. The van der Waals surface area contributed by atoms with E-state index in [1.165, 1.54) is 13.1 Å². The lowest BCUT2D eigenvalue weighted by atomic mass is 10.2. The van der Waals surface area contributed by atoms with E-state index in [1.807, 2.05) is 0 Å². The molecule has 0 unspecified atom stereocenters. The molecule has 0 fully saturated rings. The van der Waals surface area contributed by atoms with Crippen molar-refractivity contribution in [2.75, 3.05) is 0 Å². The highest BCUT2D eigenvalue weighted by atomic mass is 16.3. The lowest BCUT2D eigenvalue weighted by Gasteiger charge is -2.10. The summed E-state index contributed by atoms with van der Waals surface area (Å²) in [5.74, 6) is 0. The smallest absolute Gasteiger partial charge is 0.330 e. The standard InChI is InChI=1S/C15H23N5O3/c1-12-9-14(22)18(2)15(23)20(12)8-6-4-3-5-7-19-10-13(11-21)16-17-19/h9-10,21H,3-8,11H2,1-2H3. The Morgan fingerprint density at radius 1 is 1.13 bits per heavy atom. The Morgan fingerprint density at radius 2 is 1.83 bits per heavy atom. The molecule has 0 spiro atoms. The molecule has 0 atom stereocenters. The Hall–Kier alpha value is -2.22. The quantitative estimate of drug-likeness (QED) is 0.701. The number of unbranched alkanes of at least 4 members (excludes halogenated alkanes) is 3. The van der Waals surface area contributed by atoms with Crippen molar-refractivity contribution in [1.82, 2.24) is 24.1 Å². The van der Waals surface area contributed by atoms with Crippen LogP contribution in [-0.4, -0.2) is 29.2 Å². The number of hydrogen-bond acceptors (Lipinski definition) is 5. The summed E-state index contributed by atoms with van der Waals surface area (Å²) in [6.45, 7) is 3.09. The van der Waals surface area contributed by atoms with Crippen LogP contribution in [0.15, 0.2) is 21.9 Å². The van der Waals surface area contributed by atoms with Crippen molar-refractivity contribution in [3.8, 4) is 0 Å². The summed E-state index contributed by atoms with van der Waals surface area (Å²) >= 11 is 0. The van der Waals surface area contributed by atoms with Crippen LogP contribution in [0, 0.1) is 6.92 Å². The second kappa shape index (κ2) is 7.87. The van der Waals surface area contributed by atoms with Crippen LogP contribution in [0.5, 0.6) is 0 Å². The van der Waals surface area contributed by atoms with Crippen molar-refractivity contribution in [2.45, 2.75) is 52.3 Å². The van der Waals surface area contributed by atoms with E-state index in [1.54, 1.807) is 22.4 Å². The van der Waals surface area contributed by atoms with Gasteiger partial charge in [0.25, 0.3) is 5.56 Å². The zero-order valence-corrected chi connectivity index (χ0v) is 13.6. The molecule has 0 aromatic carbocycles. The molecule has 2 aromatic heterocycles. The Morgan fingerprint density at radius 3 is 2.48 bits per heavy atom. The van der Waals surface area contributed by atoms with E-state index in [2.05, 4.69) is 10.3 Å². The van der Waals surface area contributed by atoms with Crippen LogP contribution in [-0.2, 0) is 26.7 Å². The number of nitrogens with zero attached hydrogens (tertiary/aromatic N) is 5. The van der Waals surface area contributed by atoms with E-state index in [4.69, 9.17) is 5.11 Å². The Balaban J connectivity index is 1.75. The molecule has 0 aliphatic carbocycles. The average molecular weight is 321 g/mol. The van der Waals surface area contributed by atoms with Crippen LogP contribution in [0.4, 0.5) is 0 Å². The van der Waals surface area contributed by atoms with Crippen molar-refractivity contribution in [1.29, 1.82) is 0 Å². The third-order valence-corrected chi connectivity index (χ3v) is 3.87. The summed E-state index contributed by atoms with van der Waals surface area (Å²) < 4.78 is 4.51. The predicted octanol–water partition coefficient (Wildman–Crippen LogP) is 0.200. The van der Waals surface area contributed by atoms with Crippen LogP contribution >= 0.6 is 0 Å². The minimum atomic E-state index is -0.265. The highest BCUT2D eigenvalue weighted by Crippen LogP contribution is 2.04. The summed E-state index contributed by atoms with van der Waals surface area (Å²) in [6, 6.07) is 1.49. The third-order valence-electron chi connectivity index (χ3n) is 3.87. The van der Waals surface area contributed by atoms with Crippen molar-refractivity contribution in [3.05, 3.63) is 44.5 Å². The van der Waals surface area contributed by atoms with Crippen LogP contribution < -0.4 is 11.2 Å². The van der Waals surface area contributed by atoms with Gasteiger partial charge in [-0.2, -0.15) is 0 Å². The maximum atomic E-state index is 12.0. The van der Waals surface area contributed by atoms with E-state index >= 15 is 0 Å². The molecule has 23 heavy (non-hydrogen) atoms. The van der Waals surface area contributed by atoms with Gasteiger partial charge in [-0.05, 0) is 19.8 Å². The summed E-state index contributed by atoms with van der Waals surface area (Å²) in [5, 5.41) is 16.7. The second-order valence-corrected chi connectivity index (χ2v) is 5.66. The third kappa shape index (κ3) is 4.38. The van der Waals surface area contributed by atoms with Crippen LogP contribution in [0.25, 0.3) is 0 Å². The van der Waals surface area contributed by atoms with Gasteiger partial charge in [0.2, 0.25) is 0 Å². The fourth-order valence-electron chi connectivity index (χ4n) is 2.47. The number of aliphatic hydroxyl groups excluding tert-OH is 1.